The summed E-state index contributed by atoms with van der Waals surface area (Å²) in [5, 5.41) is 3.47. The molecule has 1 amide bonds. The van der Waals surface area contributed by atoms with E-state index in [1.54, 1.807) is 27.0 Å². The minimum atomic E-state index is -3.59. The quantitative estimate of drug-likeness (QED) is 0.744. The van der Waals surface area contributed by atoms with Gasteiger partial charge in [0, 0.05) is 37.9 Å². The first kappa shape index (κ1) is 20.5. The molecule has 1 aromatic carbocycles. The predicted molar refractivity (Wildman–Crippen MR) is 103 cm³/mol. The first-order chi connectivity index (χ1) is 12.3. The molecule has 142 valence electrons. The van der Waals surface area contributed by atoms with Crippen LogP contribution in [0.2, 0.25) is 5.02 Å². The van der Waals surface area contributed by atoms with Gasteiger partial charge in [-0.05, 0) is 30.2 Å². The lowest BCUT2D eigenvalue weighted by Gasteiger charge is -2.17. The summed E-state index contributed by atoms with van der Waals surface area (Å²) in [6.07, 6.45) is 2.11. The SMILES string of the molecule is CCN(CC)S(=O)(=O)c1cc(C(=O)NCCc2cccc(Cl)c2)n(C)c1. The molecule has 2 aromatic rings. The zero-order valence-corrected chi connectivity index (χ0v) is 16.8. The molecule has 0 bridgehead atoms. The third-order valence-electron chi connectivity index (χ3n) is 4.14. The normalized spacial score (nSPS) is 11.7. The predicted octanol–water partition coefficient (Wildman–Crippen LogP) is 2.68. The van der Waals surface area contributed by atoms with Crippen LogP contribution in [-0.2, 0) is 23.5 Å². The van der Waals surface area contributed by atoms with Crippen LogP contribution in [0.25, 0.3) is 0 Å². The van der Waals surface area contributed by atoms with E-state index in [-0.39, 0.29) is 10.8 Å². The molecule has 0 saturated heterocycles. The fourth-order valence-electron chi connectivity index (χ4n) is 2.72. The van der Waals surface area contributed by atoms with Gasteiger partial charge in [-0.25, -0.2) is 8.42 Å². The third kappa shape index (κ3) is 4.66. The van der Waals surface area contributed by atoms with E-state index in [1.807, 2.05) is 18.2 Å². The van der Waals surface area contributed by atoms with E-state index in [2.05, 4.69) is 5.32 Å². The highest BCUT2D eigenvalue weighted by atomic mass is 35.5. The zero-order valence-electron chi connectivity index (χ0n) is 15.2. The van der Waals surface area contributed by atoms with Crippen molar-refractivity contribution in [2.24, 2.45) is 7.05 Å². The maximum atomic E-state index is 12.6. The van der Waals surface area contributed by atoms with Crippen LogP contribution in [0.15, 0.2) is 41.4 Å². The van der Waals surface area contributed by atoms with Gasteiger partial charge in [0.2, 0.25) is 10.0 Å². The summed E-state index contributed by atoms with van der Waals surface area (Å²) < 4.78 is 28.1. The van der Waals surface area contributed by atoms with Crippen molar-refractivity contribution >= 4 is 27.5 Å². The fraction of sp³-hybridized carbons (Fsp3) is 0.389. The van der Waals surface area contributed by atoms with Crippen LogP contribution in [0.3, 0.4) is 0 Å². The number of benzene rings is 1. The van der Waals surface area contributed by atoms with Gasteiger partial charge in [0.15, 0.2) is 0 Å². The Kier molecular flexibility index (Phi) is 6.86. The maximum absolute atomic E-state index is 12.6. The Morgan fingerprint density at radius 3 is 2.54 bits per heavy atom. The Hall–Kier alpha value is -1.83. The number of hydrogen-bond acceptors (Lipinski definition) is 3. The number of carbonyl (C=O) groups excluding carboxylic acids is 1. The van der Waals surface area contributed by atoms with Gasteiger partial charge in [0.1, 0.15) is 10.6 Å². The first-order valence-corrected chi connectivity index (χ1v) is 10.3. The van der Waals surface area contributed by atoms with E-state index in [9.17, 15) is 13.2 Å². The van der Waals surface area contributed by atoms with Gasteiger partial charge in [-0.3, -0.25) is 4.79 Å². The molecule has 1 heterocycles. The van der Waals surface area contributed by atoms with Crippen LogP contribution >= 0.6 is 11.6 Å². The lowest BCUT2D eigenvalue weighted by Crippen LogP contribution is -2.30. The van der Waals surface area contributed by atoms with Crippen LogP contribution in [0, 0.1) is 0 Å². The van der Waals surface area contributed by atoms with E-state index >= 15 is 0 Å². The Balaban J connectivity index is 2.07. The van der Waals surface area contributed by atoms with Crippen LogP contribution in [-0.4, -0.2) is 42.8 Å². The van der Waals surface area contributed by atoms with Crippen molar-refractivity contribution in [3.05, 3.63) is 52.8 Å². The van der Waals surface area contributed by atoms with Crippen molar-refractivity contribution in [1.82, 2.24) is 14.2 Å². The third-order valence-corrected chi connectivity index (χ3v) is 6.39. The summed E-state index contributed by atoms with van der Waals surface area (Å²) in [6, 6.07) is 8.87. The molecule has 0 aliphatic rings. The molecule has 0 aliphatic carbocycles. The Morgan fingerprint density at radius 2 is 1.92 bits per heavy atom. The van der Waals surface area contributed by atoms with E-state index in [0.717, 1.165) is 5.56 Å². The van der Waals surface area contributed by atoms with Gasteiger partial charge >= 0.3 is 0 Å². The second-order valence-electron chi connectivity index (χ2n) is 5.90. The Labute approximate surface area is 159 Å². The van der Waals surface area contributed by atoms with Crippen LogP contribution in [0.5, 0.6) is 0 Å². The highest BCUT2D eigenvalue weighted by Crippen LogP contribution is 2.18. The van der Waals surface area contributed by atoms with Crippen molar-refractivity contribution in [3.8, 4) is 0 Å². The summed E-state index contributed by atoms with van der Waals surface area (Å²) in [5.74, 6) is -0.310. The lowest BCUT2D eigenvalue weighted by atomic mass is 10.1. The van der Waals surface area contributed by atoms with Crippen LogP contribution < -0.4 is 5.32 Å². The molecular weight excluding hydrogens is 374 g/mol. The minimum absolute atomic E-state index is 0.128. The highest BCUT2D eigenvalue weighted by molar-refractivity contribution is 7.89. The number of rotatable bonds is 8. The van der Waals surface area contributed by atoms with Crippen molar-refractivity contribution in [2.45, 2.75) is 25.2 Å². The van der Waals surface area contributed by atoms with Crippen molar-refractivity contribution < 1.29 is 13.2 Å². The molecule has 0 saturated carbocycles. The molecule has 0 aliphatic heterocycles. The molecule has 2 rings (SSSR count). The van der Waals surface area contributed by atoms with Crippen molar-refractivity contribution in [2.75, 3.05) is 19.6 Å². The number of halogens is 1. The molecule has 8 heteroatoms. The monoisotopic (exact) mass is 397 g/mol. The zero-order chi connectivity index (χ0) is 19.3. The van der Waals surface area contributed by atoms with Crippen LogP contribution in [0.1, 0.15) is 29.9 Å². The summed E-state index contributed by atoms with van der Waals surface area (Å²) in [5.41, 5.74) is 1.33. The van der Waals surface area contributed by atoms with Crippen LogP contribution in [0.4, 0.5) is 0 Å². The maximum Gasteiger partial charge on any atom is 0.267 e. The van der Waals surface area contributed by atoms with Crippen molar-refractivity contribution in [1.29, 1.82) is 0 Å². The molecule has 0 spiro atoms. The number of nitrogens with one attached hydrogen (secondary N) is 1. The number of hydrogen-bond donors (Lipinski definition) is 1. The molecule has 26 heavy (non-hydrogen) atoms. The molecule has 0 radical (unpaired) electrons. The second-order valence-corrected chi connectivity index (χ2v) is 8.27. The summed E-state index contributed by atoms with van der Waals surface area (Å²) in [7, 11) is -1.93. The van der Waals surface area contributed by atoms with Gasteiger partial charge in [0.25, 0.3) is 5.91 Å². The topological polar surface area (TPSA) is 71.4 Å². The molecule has 1 aromatic heterocycles. The fourth-order valence-corrected chi connectivity index (χ4v) is 4.46. The Morgan fingerprint density at radius 1 is 1.23 bits per heavy atom. The van der Waals surface area contributed by atoms with Gasteiger partial charge < -0.3 is 9.88 Å². The number of aryl methyl sites for hydroxylation is 1. The summed E-state index contributed by atoms with van der Waals surface area (Å²) >= 11 is 5.95. The van der Waals surface area contributed by atoms with E-state index in [1.165, 1.54) is 21.1 Å². The summed E-state index contributed by atoms with van der Waals surface area (Å²) in [6.45, 7) is 4.77. The molecule has 0 atom stereocenters. The number of amides is 1. The molecule has 1 N–H and O–H groups in total. The number of sulfonamides is 1. The van der Waals surface area contributed by atoms with Crippen molar-refractivity contribution in [3.63, 3.8) is 0 Å². The lowest BCUT2D eigenvalue weighted by molar-refractivity contribution is 0.0946. The number of carbonyl (C=O) groups is 1. The van der Waals surface area contributed by atoms with Gasteiger partial charge in [0.05, 0.1) is 0 Å². The van der Waals surface area contributed by atoms with E-state index in [0.29, 0.717) is 36.8 Å². The van der Waals surface area contributed by atoms with Gasteiger partial charge in [-0.1, -0.05) is 37.6 Å². The molecular formula is C18H24ClN3O3S. The smallest absolute Gasteiger partial charge is 0.267 e. The largest absolute Gasteiger partial charge is 0.350 e. The van der Waals surface area contributed by atoms with E-state index in [4.69, 9.17) is 11.6 Å². The highest BCUT2D eigenvalue weighted by Gasteiger charge is 2.25. The molecule has 0 unspecified atom stereocenters. The Bertz CT molecular complexity index is 874. The van der Waals surface area contributed by atoms with E-state index < -0.39 is 10.0 Å². The standard InChI is InChI=1S/C18H24ClN3O3S/c1-4-22(5-2)26(24,25)16-12-17(21(3)13-16)18(23)20-10-9-14-7-6-8-15(19)11-14/h6-8,11-13H,4-5,9-10H2,1-3H3,(H,20,23). The summed E-state index contributed by atoms with van der Waals surface area (Å²) in [4.78, 5) is 12.5. The number of aromatic nitrogens is 1. The molecule has 0 fully saturated rings. The first-order valence-electron chi connectivity index (χ1n) is 8.48. The van der Waals surface area contributed by atoms with Gasteiger partial charge in [-0.15, -0.1) is 0 Å². The average Bonchev–Trinajstić information content (AvgIpc) is 2.98. The number of nitrogens with zero attached hydrogens (tertiary/aromatic N) is 2. The average molecular weight is 398 g/mol. The molecule has 6 nitrogen and oxygen atoms in total. The van der Waals surface area contributed by atoms with Gasteiger partial charge in [-0.2, -0.15) is 4.31 Å². The second kappa shape index (κ2) is 8.70. The minimum Gasteiger partial charge on any atom is -0.350 e.